The van der Waals surface area contributed by atoms with E-state index >= 15 is 0 Å². The third kappa shape index (κ3) is 95.1. The van der Waals surface area contributed by atoms with Crippen molar-refractivity contribution < 1.29 is 0 Å². The van der Waals surface area contributed by atoms with Gasteiger partial charge in [-0.2, -0.15) is 19.3 Å². The molecule has 0 aliphatic carbocycles. The zero-order valence-corrected chi connectivity index (χ0v) is 57.8. The predicted octanol–water partition coefficient (Wildman–Crippen LogP) is 30.2. The van der Waals surface area contributed by atoms with Crippen molar-refractivity contribution in [1.29, 1.82) is 0 Å². The van der Waals surface area contributed by atoms with E-state index in [-0.39, 0.29) is 17.4 Å². The number of hydrogen-bond acceptors (Lipinski definition) is 0. The molecule has 0 rings (SSSR count). The summed E-state index contributed by atoms with van der Waals surface area (Å²) in [6.07, 6.45) is 104. The quantitative estimate of drug-likeness (QED) is 0.0323. The van der Waals surface area contributed by atoms with Crippen molar-refractivity contribution in [3.63, 3.8) is 0 Å². The molecular weight excluding hydrogens is 964 g/mol. The Morgan fingerprint density at radius 3 is 0.241 bits per heavy atom. The molecule has 0 aromatic heterocycles. The van der Waals surface area contributed by atoms with Crippen LogP contribution in [0.5, 0.6) is 0 Å². The molecule has 0 heterocycles. The van der Waals surface area contributed by atoms with E-state index in [1.165, 1.54) is 443 Å². The molecule has 0 aromatic carbocycles. The summed E-state index contributed by atoms with van der Waals surface area (Å²) in [4.78, 5) is 0. The minimum absolute atomic E-state index is 0. The van der Waals surface area contributed by atoms with Gasteiger partial charge in [-0.3, -0.25) is 0 Å². The molecule has 0 bridgehead atoms. The van der Waals surface area contributed by atoms with Gasteiger partial charge in [0.25, 0.3) is 0 Å². The van der Waals surface area contributed by atoms with Gasteiger partial charge >= 0.3 is 17.4 Å². The summed E-state index contributed by atoms with van der Waals surface area (Å²) in [5, 5.41) is 0. The van der Waals surface area contributed by atoms with Crippen molar-refractivity contribution in [2.45, 2.75) is 483 Å². The maximum Gasteiger partial charge on any atom is 3.00 e. The number of rotatable bonds is 69. The first-order valence-electron chi connectivity index (χ1n) is 38.1. The Kier molecular flexibility index (Phi) is 97.7. The molecule has 0 nitrogen and oxygen atoms in total. The van der Waals surface area contributed by atoms with Crippen LogP contribution in [0.2, 0.25) is 0 Å². The SMILES string of the molecule is [Al+3].[CH2-]CCCCCCCCCCCCCCCCCCCCCCCCC.[CH2-]CCCCCCCCCCCCCCCCCCCCCCCCC.[CH2-]CCCCCCCCCCCCCCCCCCCCCCCCC. The van der Waals surface area contributed by atoms with Crippen molar-refractivity contribution in [2.24, 2.45) is 0 Å². The minimum Gasteiger partial charge on any atom is -0.343 e. The molecule has 0 radical (unpaired) electrons. The average Bonchev–Trinajstić information content (AvgIpc) is 3.45. The molecule has 0 N–H and O–H groups in total. The summed E-state index contributed by atoms with van der Waals surface area (Å²) in [5.41, 5.74) is 0. The zero-order valence-electron chi connectivity index (χ0n) is 56.6. The monoisotopic (exact) mass is 1120 g/mol. The zero-order chi connectivity index (χ0) is 56.9. The van der Waals surface area contributed by atoms with Crippen molar-refractivity contribution in [1.82, 2.24) is 0 Å². The first kappa shape index (κ1) is 86.0. The van der Waals surface area contributed by atoms with Gasteiger partial charge in [-0.1, -0.05) is 464 Å². The Bertz CT molecular complexity index is 710. The largest absolute Gasteiger partial charge is 3.00 e. The summed E-state index contributed by atoms with van der Waals surface area (Å²) >= 11 is 0. The summed E-state index contributed by atoms with van der Waals surface area (Å²) < 4.78 is 0. The molecule has 0 aromatic rings. The third-order valence-electron chi connectivity index (χ3n) is 17.6. The second-order valence-electron chi connectivity index (χ2n) is 25.9. The van der Waals surface area contributed by atoms with E-state index in [1.807, 2.05) is 0 Å². The van der Waals surface area contributed by atoms with Gasteiger partial charge in [0.05, 0.1) is 0 Å². The molecule has 0 saturated carbocycles. The van der Waals surface area contributed by atoms with E-state index in [4.69, 9.17) is 0 Å². The molecule has 474 valence electrons. The number of unbranched alkanes of at least 4 members (excludes halogenated alkanes) is 69. The van der Waals surface area contributed by atoms with E-state index in [0.717, 1.165) is 19.3 Å². The molecule has 0 unspecified atom stereocenters. The van der Waals surface area contributed by atoms with Gasteiger partial charge in [-0.05, 0) is 0 Å². The Labute approximate surface area is 518 Å². The molecule has 0 fully saturated rings. The van der Waals surface area contributed by atoms with Gasteiger partial charge in [-0.25, -0.2) is 0 Å². The van der Waals surface area contributed by atoms with Gasteiger partial charge in [-0.15, -0.1) is 0 Å². The fourth-order valence-corrected chi connectivity index (χ4v) is 11.9. The second kappa shape index (κ2) is 89.7. The molecular formula is C78H159Al. The average molecular weight is 1120 g/mol. The van der Waals surface area contributed by atoms with E-state index in [9.17, 15) is 0 Å². The van der Waals surface area contributed by atoms with E-state index in [1.54, 1.807) is 0 Å². The second-order valence-corrected chi connectivity index (χ2v) is 25.9. The molecule has 0 atom stereocenters. The molecule has 0 aliphatic heterocycles. The van der Waals surface area contributed by atoms with Crippen LogP contribution in [0.15, 0.2) is 0 Å². The minimum atomic E-state index is 0. The van der Waals surface area contributed by atoms with Crippen LogP contribution in [-0.4, -0.2) is 17.4 Å². The van der Waals surface area contributed by atoms with Crippen LogP contribution in [0.1, 0.15) is 483 Å². The van der Waals surface area contributed by atoms with Gasteiger partial charge in [0.1, 0.15) is 0 Å². The van der Waals surface area contributed by atoms with Crippen LogP contribution in [0, 0.1) is 20.8 Å². The normalized spacial score (nSPS) is 11.2. The standard InChI is InChI=1S/3C26H53.Al/c3*1-3-5-7-9-11-13-15-17-19-21-23-25-26-24-22-20-18-16-14-12-10-8-6-4-2;/h3*1,3-26H2,2H3;/q3*-1;+3. The van der Waals surface area contributed by atoms with Gasteiger partial charge in [0.15, 0.2) is 0 Å². The van der Waals surface area contributed by atoms with Gasteiger partial charge in [0.2, 0.25) is 0 Å². The number of hydrogen-bond donors (Lipinski definition) is 0. The molecule has 0 saturated heterocycles. The molecule has 79 heavy (non-hydrogen) atoms. The van der Waals surface area contributed by atoms with Crippen molar-refractivity contribution in [3.05, 3.63) is 20.8 Å². The Balaban J connectivity index is -0.000000531. The topological polar surface area (TPSA) is 0 Å². The fourth-order valence-electron chi connectivity index (χ4n) is 11.9. The molecule has 0 amide bonds. The van der Waals surface area contributed by atoms with Crippen molar-refractivity contribution in [2.75, 3.05) is 0 Å². The third-order valence-corrected chi connectivity index (χ3v) is 17.6. The first-order valence-corrected chi connectivity index (χ1v) is 38.1. The smallest absolute Gasteiger partial charge is 0.343 e. The maximum absolute atomic E-state index is 3.91. The Morgan fingerprint density at radius 1 is 0.114 bits per heavy atom. The van der Waals surface area contributed by atoms with Gasteiger partial charge < -0.3 is 20.8 Å². The van der Waals surface area contributed by atoms with E-state index in [2.05, 4.69) is 41.5 Å². The fraction of sp³-hybridized carbons (Fsp3) is 0.962. The molecule has 0 aliphatic rings. The van der Waals surface area contributed by atoms with E-state index in [0.29, 0.717) is 0 Å². The van der Waals surface area contributed by atoms with E-state index < -0.39 is 0 Å². The summed E-state index contributed by atoms with van der Waals surface area (Å²) in [6, 6.07) is 0. The van der Waals surface area contributed by atoms with Crippen LogP contribution in [-0.2, 0) is 0 Å². The van der Waals surface area contributed by atoms with Crippen LogP contribution in [0.4, 0.5) is 0 Å². The molecule has 0 spiro atoms. The van der Waals surface area contributed by atoms with Crippen LogP contribution in [0.3, 0.4) is 0 Å². The Hall–Kier alpha value is 0.532. The summed E-state index contributed by atoms with van der Waals surface area (Å²) in [6.45, 7) is 18.6. The Morgan fingerprint density at radius 2 is 0.177 bits per heavy atom. The predicted molar refractivity (Wildman–Crippen MR) is 371 cm³/mol. The summed E-state index contributed by atoms with van der Waals surface area (Å²) in [5.74, 6) is 0. The van der Waals surface area contributed by atoms with Gasteiger partial charge in [0, 0.05) is 0 Å². The summed E-state index contributed by atoms with van der Waals surface area (Å²) in [7, 11) is 0. The van der Waals surface area contributed by atoms with Crippen molar-refractivity contribution in [3.8, 4) is 0 Å². The molecule has 1 heteroatoms. The van der Waals surface area contributed by atoms with Crippen LogP contribution in [0.25, 0.3) is 0 Å². The maximum atomic E-state index is 3.91. The van der Waals surface area contributed by atoms with Crippen LogP contribution >= 0.6 is 0 Å². The van der Waals surface area contributed by atoms with Crippen LogP contribution < -0.4 is 0 Å². The first-order chi connectivity index (χ1) is 38.7. The van der Waals surface area contributed by atoms with Crippen molar-refractivity contribution >= 4 is 17.4 Å².